The van der Waals surface area contributed by atoms with Gasteiger partial charge in [-0.25, -0.2) is 4.98 Å². The molecule has 1 amide bonds. The normalized spacial score (nSPS) is 14.0. The number of morpholine rings is 1. The fraction of sp³-hybridized carbons (Fsp3) is 0.407. The van der Waals surface area contributed by atoms with Gasteiger partial charge in [-0.1, -0.05) is 17.4 Å². The number of amides is 1. The highest BCUT2D eigenvalue weighted by Gasteiger charge is 2.21. The van der Waals surface area contributed by atoms with Crippen LogP contribution in [0.3, 0.4) is 0 Å². The largest absolute Gasteiger partial charge is 0.493 e. The molecule has 37 heavy (non-hydrogen) atoms. The van der Waals surface area contributed by atoms with Crippen molar-refractivity contribution in [1.29, 1.82) is 0 Å². The van der Waals surface area contributed by atoms with Crippen LogP contribution in [-0.2, 0) is 9.53 Å². The first-order valence-electron chi connectivity index (χ1n) is 11.9. The molecule has 0 N–H and O–H groups in total. The van der Waals surface area contributed by atoms with Crippen LogP contribution in [0.5, 0.6) is 17.2 Å². The fourth-order valence-corrected chi connectivity index (χ4v) is 5.21. The lowest BCUT2D eigenvalue weighted by Crippen LogP contribution is -2.42. The number of rotatable bonds is 9. The summed E-state index contributed by atoms with van der Waals surface area (Å²) in [5.41, 5.74) is 4.05. The van der Waals surface area contributed by atoms with Gasteiger partial charge in [0, 0.05) is 32.3 Å². The van der Waals surface area contributed by atoms with E-state index in [0.717, 1.165) is 41.0 Å². The second-order valence-electron chi connectivity index (χ2n) is 8.59. The lowest BCUT2D eigenvalue weighted by molar-refractivity contribution is -0.114. The minimum Gasteiger partial charge on any atom is -0.493 e. The predicted octanol–water partition coefficient (Wildman–Crippen LogP) is 4.74. The molecule has 1 saturated heterocycles. The minimum absolute atomic E-state index is 0. The quantitative estimate of drug-likeness (QED) is 0.358. The summed E-state index contributed by atoms with van der Waals surface area (Å²) in [6.07, 6.45) is 3.33. The van der Waals surface area contributed by atoms with Crippen LogP contribution < -0.4 is 19.1 Å². The highest BCUT2D eigenvalue weighted by atomic mass is 35.5. The molecule has 1 aliphatic rings. The summed E-state index contributed by atoms with van der Waals surface area (Å²) in [7, 11) is 4.70. The Kier molecular flexibility index (Phi) is 10.2. The smallest absolute Gasteiger partial charge is 0.252 e. The zero-order chi connectivity index (χ0) is 25.7. The van der Waals surface area contributed by atoms with Crippen LogP contribution in [0.4, 0.5) is 5.13 Å². The maximum atomic E-state index is 13.5. The molecule has 0 aliphatic carbocycles. The molecular formula is C27H34ClN3O5S. The number of nitrogens with zero attached hydrogens (tertiary/aromatic N) is 3. The van der Waals surface area contributed by atoms with Crippen LogP contribution >= 0.6 is 23.7 Å². The van der Waals surface area contributed by atoms with Crippen molar-refractivity contribution in [3.63, 3.8) is 0 Å². The van der Waals surface area contributed by atoms with Gasteiger partial charge >= 0.3 is 0 Å². The summed E-state index contributed by atoms with van der Waals surface area (Å²) in [6.45, 7) is 8.60. The number of anilines is 1. The number of halogens is 1. The number of methoxy groups -OCH3 is 3. The van der Waals surface area contributed by atoms with E-state index in [2.05, 4.69) is 30.9 Å². The number of aromatic nitrogens is 1. The second kappa shape index (κ2) is 13.1. The third-order valence-electron chi connectivity index (χ3n) is 6.42. The molecule has 1 fully saturated rings. The molecule has 2 aromatic carbocycles. The van der Waals surface area contributed by atoms with Crippen molar-refractivity contribution in [3.8, 4) is 17.2 Å². The Morgan fingerprint density at radius 3 is 2.41 bits per heavy atom. The molecule has 8 nitrogen and oxygen atoms in total. The summed E-state index contributed by atoms with van der Waals surface area (Å²) in [6, 6.07) is 7.80. The van der Waals surface area contributed by atoms with Crippen molar-refractivity contribution in [1.82, 2.24) is 9.88 Å². The summed E-state index contributed by atoms with van der Waals surface area (Å²) < 4.78 is 22.8. The van der Waals surface area contributed by atoms with E-state index in [9.17, 15) is 4.79 Å². The zero-order valence-corrected chi connectivity index (χ0v) is 23.5. The van der Waals surface area contributed by atoms with Crippen LogP contribution in [0.1, 0.15) is 16.7 Å². The first-order chi connectivity index (χ1) is 17.4. The Morgan fingerprint density at radius 1 is 1.11 bits per heavy atom. The lowest BCUT2D eigenvalue weighted by Gasteiger charge is -2.28. The number of benzene rings is 2. The first kappa shape index (κ1) is 28.7. The second-order valence-corrected chi connectivity index (χ2v) is 9.60. The van der Waals surface area contributed by atoms with Gasteiger partial charge in [-0.05, 0) is 54.8 Å². The van der Waals surface area contributed by atoms with Gasteiger partial charge in [0.1, 0.15) is 0 Å². The summed E-state index contributed by atoms with van der Waals surface area (Å²) in [5.74, 6) is 1.44. The van der Waals surface area contributed by atoms with Crippen LogP contribution in [0.2, 0.25) is 0 Å². The molecule has 200 valence electrons. The van der Waals surface area contributed by atoms with Crippen molar-refractivity contribution >= 4 is 51.1 Å². The Balaban J connectivity index is 0.00000380. The molecule has 0 unspecified atom stereocenters. The van der Waals surface area contributed by atoms with Gasteiger partial charge in [0.15, 0.2) is 16.6 Å². The van der Waals surface area contributed by atoms with Crippen LogP contribution in [-0.4, -0.2) is 76.5 Å². The number of thiazole rings is 1. The number of hydrogen-bond donors (Lipinski definition) is 0. The van der Waals surface area contributed by atoms with Crippen molar-refractivity contribution in [2.45, 2.75) is 13.8 Å². The number of hydrogen-bond acceptors (Lipinski definition) is 8. The fourth-order valence-electron chi connectivity index (χ4n) is 4.15. The molecule has 0 spiro atoms. The maximum Gasteiger partial charge on any atom is 0.252 e. The lowest BCUT2D eigenvalue weighted by atomic mass is 10.1. The van der Waals surface area contributed by atoms with Crippen molar-refractivity contribution in [2.75, 3.05) is 65.6 Å². The Hall–Kier alpha value is -2.85. The van der Waals surface area contributed by atoms with Crippen molar-refractivity contribution in [2.24, 2.45) is 0 Å². The average molecular weight is 548 g/mol. The maximum absolute atomic E-state index is 13.5. The molecule has 4 rings (SSSR count). The topological polar surface area (TPSA) is 73.4 Å². The Bertz CT molecular complexity index is 1230. The minimum atomic E-state index is -0.134. The van der Waals surface area contributed by atoms with Gasteiger partial charge in [0.2, 0.25) is 5.75 Å². The zero-order valence-electron chi connectivity index (χ0n) is 21.9. The van der Waals surface area contributed by atoms with Gasteiger partial charge in [-0.15, -0.1) is 12.4 Å². The van der Waals surface area contributed by atoms with Crippen LogP contribution in [0.15, 0.2) is 30.3 Å². The average Bonchev–Trinajstić information content (AvgIpc) is 3.34. The van der Waals surface area contributed by atoms with Gasteiger partial charge in [-0.3, -0.25) is 14.6 Å². The van der Waals surface area contributed by atoms with E-state index in [4.69, 9.17) is 23.9 Å². The monoisotopic (exact) mass is 547 g/mol. The third-order valence-corrected chi connectivity index (χ3v) is 7.46. The molecule has 0 atom stereocenters. The van der Waals surface area contributed by atoms with Crippen LogP contribution in [0, 0.1) is 13.8 Å². The molecule has 10 heteroatoms. The summed E-state index contributed by atoms with van der Waals surface area (Å²) in [4.78, 5) is 22.5. The highest BCUT2D eigenvalue weighted by molar-refractivity contribution is 7.22. The van der Waals surface area contributed by atoms with E-state index in [0.29, 0.717) is 42.1 Å². The molecule has 0 saturated carbocycles. The van der Waals surface area contributed by atoms with E-state index in [1.807, 2.05) is 12.1 Å². The Labute approximate surface area is 228 Å². The van der Waals surface area contributed by atoms with E-state index >= 15 is 0 Å². The molecule has 1 aliphatic heterocycles. The number of carbonyl (C=O) groups excluding carboxylic acids is 1. The summed E-state index contributed by atoms with van der Waals surface area (Å²) in [5, 5.41) is 0.700. The SMILES string of the molecule is COc1cc(/C=C/C(=O)N(CCN2CCOCC2)c2nc3c(C)c(C)ccc3s2)cc(OC)c1OC.Cl. The van der Waals surface area contributed by atoms with E-state index in [-0.39, 0.29) is 18.3 Å². The molecule has 3 aromatic rings. The first-order valence-corrected chi connectivity index (χ1v) is 12.7. The highest BCUT2D eigenvalue weighted by Crippen LogP contribution is 2.38. The van der Waals surface area contributed by atoms with Crippen molar-refractivity contribution < 1.29 is 23.7 Å². The van der Waals surface area contributed by atoms with Gasteiger partial charge in [-0.2, -0.15) is 0 Å². The third kappa shape index (κ3) is 6.54. The number of carbonyl (C=O) groups is 1. The predicted molar refractivity (Wildman–Crippen MR) is 151 cm³/mol. The summed E-state index contributed by atoms with van der Waals surface area (Å²) >= 11 is 1.54. The Morgan fingerprint density at radius 2 is 1.78 bits per heavy atom. The van der Waals surface area contributed by atoms with E-state index in [1.54, 1.807) is 49.7 Å². The van der Waals surface area contributed by atoms with E-state index in [1.165, 1.54) is 5.56 Å². The van der Waals surface area contributed by atoms with Gasteiger partial charge in [0.25, 0.3) is 5.91 Å². The standard InChI is InChI=1S/C27H33N3O5S.ClH/c1-18-6-8-23-25(19(18)2)28-27(36-23)30(11-10-29-12-14-35-15-13-29)24(31)9-7-20-16-21(32-3)26(34-5)22(17-20)33-4;/h6-9,16-17H,10-15H2,1-5H3;1H/b9-7+;. The molecule has 0 bridgehead atoms. The molecular weight excluding hydrogens is 514 g/mol. The molecule has 2 heterocycles. The number of ether oxygens (including phenoxy) is 4. The van der Waals surface area contributed by atoms with Crippen LogP contribution in [0.25, 0.3) is 16.3 Å². The van der Waals surface area contributed by atoms with E-state index < -0.39 is 0 Å². The van der Waals surface area contributed by atoms with Gasteiger partial charge in [0.05, 0.1) is 44.8 Å². The molecule has 0 radical (unpaired) electrons. The van der Waals surface area contributed by atoms with Crippen molar-refractivity contribution in [3.05, 3.63) is 47.0 Å². The number of aryl methyl sites for hydroxylation is 2. The number of fused-ring (bicyclic) bond motifs is 1. The molecule has 1 aromatic heterocycles. The van der Waals surface area contributed by atoms with Gasteiger partial charge < -0.3 is 18.9 Å².